The van der Waals surface area contributed by atoms with E-state index in [9.17, 15) is 18.0 Å². The van der Waals surface area contributed by atoms with Crippen molar-refractivity contribution in [1.29, 1.82) is 0 Å². The molecule has 0 radical (unpaired) electrons. The molecule has 7 heteroatoms. The van der Waals surface area contributed by atoms with Crippen LogP contribution in [0.2, 0.25) is 0 Å². The van der Waals surface area contributed by atoms with E-state index in [4.69, 9.17) is 4.74 Å². The van der Waals surface area contributed by atoms with Crippen LogP contribution in [0.4, 0.5) is 5.69 Å². The molecule has 3 rings (SSSR count). The summed E-state index contributed by atoms with van der Waals surface area (Å²) in [5.41, 5.74) is 1.89. The molecule has 0 saturated carbocycles. The molecular formula is C23H21NO5S. The summed E-state index contributed by atoms with van der Waals surface area (Å²) in [6.07, 6.45) is 0. The molecule has 0 unspecified atom stereocenters. The number of amides is 1. The van der Waals surface area contributed by atoms with Crippen molar-refractivity contribution in [2.75, 3.05) is 18.2 Å². The third-order valence-corrected chi connectivity index (χ3v) is 6.10. The zero-order valence-electron chi connectivity index (χ0n) is 16.6. The molecule has 1 amide bonds. The number of carbonyl (C=O) groups excluding carboxylic acids is 2. The van der Waals surface area contributed by atoms with Crippen LogP contribution in [0, 0.1) is 6.92 Å². The Kier molecular flexibility index (Phi) is 6.32. The van der Waals surface area contributed by atoms with Crippen molar-refractivity contribution in [3.05, 3.63) is 89.5 Å². The molecule has 1 N–H and O–H groups in total. The topological polar surface area (TPSA) is 89.5 Å². The van der Waals surface area contributed by atoms with Crippen molar-refractivity contribution < 1.29 is 22.7 Å². The molecule has 30 heavy (non-hydrogen) atoms. The van der Waals surface area contributed by atoms with Gasteiger partial charge in [-0.05, 0) is 43.3 Å². The highest BCUT2D eigenvalue weighted by atomic mass is 32.2. The Morgan fingerprint density at radius 3 is 2.23 bits per heavy atom. The van der Waals surface area contributed by atoms with Gasteiger partial charge in [0.1, 0.15) is 11.5 Å². The number of ketones is 1. The summed E-state index contributed by atoms with van der Waals surface area (Å²) in [5, 5.41) is 2.57. The van der Waals surface area contributed by atoms with Gasteiger partial charge in [-0.3, -0.25) is 9.59 Å². The number of aryl methyl sites for hydroxylation is 1. The smallest absolute Gasteiger partial charge is 0.239 e. The maximum atomic E-state index is 12.9. The zero-order chi connectivity index (χ0) is 21.7. The number of methoxy groups -OCH3 is 1. The van der Waals surface area contributed by atoms with Crippen LogP contribution in [0.25, 0.3) is 0 Å². The molecule has 0 fully saturated rings. The second kappa shape index (κ2) is 8.92. The average Bonchev–Trinajstić information content (AvgIpc) is 2.74. The SMILES string of the molecule is COc1ccc(S(=O)(=O)CC(=O)Nc2ccc(C)cc2C(=O)c2ccccc2)cc1. The first-order valence-electron chi connectivity index (χ1n) is 9.17. The standard InChI is InChI=1S/C23H21NO5S/c1-16-8-13-21(20(14-16)23(26)17-6-4-3-5-7-17)24-22(25)15-30(27,28)19-11-9-18(29-2)10-12-19/h3-14H,15H2,1-2H3,(H,24,25). The van der Waals surface area contributed by atoms with Gasteiger partial charge in [-0.1, -0.05) is 42.0 Å². The van der Waals surface area contributed by atoms with Crippen LogP contribution < -0.4 is 10.1 Å². The van der Waals surface area contributed by atoms with E-state index in [1.165, 1.54) is 31.4 Å². The first kappa shape index (κ1) is 21.3. The van der Waals surface area contributed by atoms with Gasteiger partial charge in [0, 0.05) is 11.1 Å². The summed E-state index contributed by atoms with van der Waals surface area (Å²) in [7, 11) is -2.37. The highest BCUT2D eigenvalue weighted by molar-refractivity contribution is 7.92. The van der Waals surface area contributed by atoms with E-state index in [0.717, 1.165) is 5.56 Å². The van der Waals surface area contributed by atoms with Gasteiger partial charge in [0.05, 0.1) is 17.7 Å². The minimum Gasteiger partial charge on any atom is -0.497 e. The fraction of sp³-hybridized carbons (Fsp3) is 0.130. The quantitative estimate of drug-likeness (QED) is 0.586. The molecule has 0 aromatic heterocycles. The minimum atomic E-state index is -3.85. The number of nitrogens with one attached hydrogen (secondary N) is 1. The lowest BCUT2D eigenvalue weighted by molar-refractivity contribution is -0.113. The number of hydrogen-bond acceptors (Lipinski definition) is 5. The molecule has 0 heterocycles. The maximum Gasteiger partial charge on any atom is 0.239 e. The lowest BCUT2D eigenvalue weighted by Crippen LogP contribution is -2.24. The molecule has 0 aliphatic carbocycles. The Bertz CT molecular complexity index is 1170. The third kappa shape index (κ3) is 4.93. The van der Waals surface area contributed by atoms with E-state index in [1.807, 2.05) is 6.92 Å². The molecule has 3 aromatic carbocycles. The van der Waals surface area contributed by atoms with E-state index >= 15 is 0 Å². The highest BCUT2D eigenvalue weighted by Gasteiger charge is 2.21. The summed E-state index contributed by atoms with van der Waals surface area (Å²) in [4.78, 5) is 25.4. The van der Waals surface area contributed by atoms with Crippen LogP contribution >= 0.6 is 0 Å². The number of anilines is 1. The van der Waals surface area contributed by atoms with Crippen LogP contribution in [0.3, 0.4) is 0 Å². The molecule has 0 aliphatic heterocycles. The van der Waals surface area contributed by atoms with Gasteiger partial charge in [0.2, 0.25) is 5.91 Å². The van der Waals surface area contributed by atoms with Crippen LogP contribution in [0.1, 0.15) is 21.5 Å². The van der Waals surface area contributed by atoms with Crippen molar-refractivity contribution in [3.8, 4) is 5.75 Å². The van der Waals surface area contributed by atoms with Crippen molar-refractivity contribution in [1.82, 2.24) is 0 Å². The fourth-order valence-corrected chi connectivity index (χ4v) is 4.06. The number of carbonyl (C=O) groups is 2. The van der Waals surface area contributed by atoms with Gasteiger partial charge < -0.3 is 10.1 Å². The van der Waals surface area contributed by atoms with Crippen molar-refractivity contribution in [3.63, 3.8) is 0 Å². The number of sulfone groups is 1. The second-order valence-corrected chi connectivity index (χ2v) is 8.72. The molecule has 0 aliphatic rings. The normalized spacial score (nSPS) is 11.0. The summed E-state index contributed by atoms with van der Waals surface area (Å²) in [6, 6.07) is 19.5. The van der Waals surface area contributed by atoms with E-state index in [2.05, 4.69) is 5.32 Å². The van der Waals surface area contributed by atoms with Crippen molar-refractivity contribution in [2.24, 2.45) is 0 Å². The Morgan fingerprint density at radius 2 is 1.60 bits per heavy atom. The Morgan fingerprint density at radius 1 is 0.933 bits per heavy atom. The Balaban J connectivity index is 1.82. The third-order valence-electron chi connectivity index (χ3n) is 4.47. The molecular weight excluding hydrogens is 402 g/mol. The molecule has 0 atom stereocenters. The lowest BCUT2D eigenvalue weighted by atomic mass is 10.00. The summed E-state index contributed by atoms with van der Waals surface area (Å²) < 4.78 is 30.1. The summed E-state index contributed by atoms with van der Waals surface area (Å²) >= 11 is 0. The molecule has 154 valence electrons. The van der Waals surface area contributed by atoms with Gasteiger partial charge in [-0.15, -0.1) is 0 Å². The minimum absolute atomic E-state index is 0.0166. The highest BCUT2D eigenvalue weighted by Crippen LogP contribution is 2.22. The van der Waals surface area contributed by atoms with Crippen LogP contribution in [0.5, 0.6) is 5.75 Å². The molecule has 0 bridgehead atoms. The predicted octanol–water partition coefficient (Wildman–Crippen LogP) is 3.65. The fourth-order valence-electron chi connectivity index (χ4n) is 2.93. The predicted molar refractivity (Wildman–Crippen MR) is 115 cm³/mol. The van der Waals surface area contributed by atoms with Crippen molar-refractivity contribution >= 4 is 27.2 Å². The lowest BCUT2D eigenvalue weighted by Gasteiger charge is -2.12. The first-order valence-corrected chi connectivity index (χ1v) is 10.8. The Hall–Kier alpha value is -3.45. The van der Waals surface area contributed by atoms with Crippen LogP contribution in [0.15, 0.2) is 77.7 Å². The molecule has 3 aromatic rings. The van der Waals surface area contributed by atoms with Gasteiger partial charge in [-0.25, -0.2) is 8.42 Å². The first-order chi connectivity index (χ1) is 14.3. The van der Waals surface area contributed by atoms with Gasteiger partial charge in [0.15, 0.2) is 15.6 Å². The summed E-state index contributed by atoms with van der Waals surface area (Å²) in [5.74, 6) is -1.21. The maximum absolute atomic E-state index is 12.9. The number of ether oxygens (including phenoxy) is 1. The number of rotatable bonds is 7. The largest absolute Gasteiger partial charge is 0.497 e. The molecule has 0 spiro atoms. The van der Waals surface area contributed by atoms with Gasteiger partial charge in [-0.2, -0.15) is 0 Å². The van der Waals surface area contributed by atoms with Crippen LogP contribution in [-0.4, -0.2) is 33.0 Å². The van der Waals surface area contributed by atoms with E-state index in [-0.39, 0.29) is 16.4 Å². The van der Waals surface area contributed by atoms with Gasteiger partial charge in [0.25, 0.3) is 0 Å². The van der Waals surface area contributed by atoms with E-state index in [0.29, 0.717) is 16.9 Å². The average molecular weight is 423 g/mol. The molecule has 6 nitrogen and oxygen atoms in total. The van der Waals surface area contributed by atoms with E-state index < -0.39 is 21.5 Å². The molecule has 0 saturated heterocycles. The van der Waals surface area contributed by atoms with Crippen LogP contribution in [-0.2, 0) is 14.6 Å². The van der Waals surface area contributed by atoms with Gasteiger partial charge >= 0.3 is 0 Å². The second-order valence-electron chi connectivity index (χ2n) is 6.73. The van der Waals surface area contributed by atoms with Crippen molar-refractivity contribution in [2.45, 2.75) is 11.8 Å². The zero-order valence-corrected chi connectivity index (χ0v) is 17.4. The Labute approximate surface area is 175 Å². The monoisotopic (exact) mass is 423 g/mol. The number of benzene rings is 3. The van der Waals surface area contributed by atoms with E-state index in [1.54, 1.807) is 48.5 Å². The summed E-state index contributed by atoms with van der Waals surface area (Å²) in [6.45, 7) is 1.83. The number of hydrogen-bond donors (Lipinski definition) is 1.